The van der Waals surface area contributed by atoms with E-state index in [0.29, 0.717) is 26.9 Å². The van der Waals surface area contributed by atoms with Crippen molar-refractivity contribution in [2.24, 2.45) is 0 Å². The molecule has 2 atom stereocenters. The van der Waals surface area contributed by atoms with Crippen molar-refractivity contribution >= 4 is 35.4 Å². The minimum atomic E-state index is -0.804. The van der Waals surface area contributed by atoms with Crippen LogP contribution < -0.4 is 0 Å². The fourth-order valence-electron chi connectivity index (χ4n) is 3.02. The van der Waals surface area contributed by atoms with Crippen LogP contribution in [0.4, 0.5) is 4.39 Å². The van der Waals surface area contributed by atoms with Gasteiger partial charge in [0, 0.05) is 5.56 Å². The van der Waals surface area contributed by atoms with E-state index in [9.17, 15) is 4.39 Å². The molecule has 2 heterocycles. The number of rotatable bonds is 4. The number of benzene rings is 2. The first kappa shape index (κ1) is 16.7. The third-order valence-electron chi connectivity index (χ3n) is 4.28. The van der Waals surface area contributed by atoms with Crippen LogP contribution in [0, 0.1) is 10.6 Å². The number of hydrogen-bond donors (Lipinski definition) is 1. The molecule has 25 heavy (non-hydrogen) atoms. The Morgan fingerprint density at radius 1 is 1.28 bits per heavy atom. The van der Waals surface area contributed by atoms with Crippen LogP contribution >= 0.6 is 35.4 Å². The highest BCUT2D eigenvalue weighted by molar-refractivity contribution is 7.71. The quantitative estimate of drug-likeness (QED) is 0.496. The Labute approximate surface area is 158 Å². The van der Waals surface area contributed by atoms with Crippen molar-refractivity contribution in [1.29, 1.82) is 0 Å². The van der Waals surface area contributed by atoms with Gasteiger partial charge >= 0.3 is 0 Å². The van der Waals surface area contributed by atoms with Crippen molar-refractivity contribution in [3.05, 3.63) is 80.6 Å². The highest BCUT2D eigenvalue weighted by atomic mass is 35.5. The molecule has 0 aliphatic carbocycles. The number of nitrogens with zero attached hydrogens (tertiary/aromatic N) is 2. The number of aromatic nitrogens is 3. The molecule has 2 aromatic carbocycles. The Bertz CT molecular complexity index is 1010. The van der Waals surface area contributed by atoms with E-state index >= 15 is 0 Å². The van der Waals surface area contributed by atoms with Crippen molar-refractivity contribution in [1.82, 2.24) is 14.8 Å². The highest BCUT2D eigenvalue weighted by Gasteiger charge is 2.59. The maximum absolute atomic E-state index is 13.8. The van der Waals surface area contributed by atoms with Crippen LogP contribution in [-0.4, -0.2) is 14.8 Å². The molecule has 3 aromatic rings. The molecule has 0 radical (unpaired) electrons. The van der Waals surface area contributed by atoms with Gasteiger partial charge in [-0.2, -0.15) is 0 Å². The predicted molar refractivity (Wildman–Crippen MR) is 95.8 cm³/mol. The van der Waals surface area contributed by atoms with Gasteiger partial charge in [0.2, 0.25) is 4.77 Å². The SMILES string of the molecule is Fc1cccc(C2(Cn3[nH]cnc3=S)OC2c2cccc(Cl)c2Cl)c1. The van der Waals surface area contributed by atoms with Gasteiger partial charge in [-0.15, -0.1) is 0 Å². The van der Waals surface area contributed by atoms with Gasteiger partial charge < -0.3 is 4.74 Å². The molecular weight excluding hydrogens is 384 g/mol. The van der Waals surface area contributed by atoms with E-state index in [0.717, 1.165) is 5.56 Å². The lowest BCUT2D eigenvalue weighted by Gasteiger charge is -2.15. The van der Waals surface area contributed by atoms with Gasteiger partial charge in [0.25, 0.3) is 0 Å². The van der Waals surface area contributed by atoms with Crippen LogP contribution in [-0.2, 0) is 16.9 Å². The third-order valence-corrected chi connectivity index (χ3v) is 5.44. The zero-order valence-corrected chi connectivity index (χ0v) is 15.1. The van der Waals surface area contributed by atoms with Crippen LogP contribution in [0.1, 0.15) is 17.2 Å². The summed E-state index contributed by atoms with van der Waals surface area (Å²) in [7, 11) is 0. The molecule has 1 saturated heterocycles. The van der Waals surface area contributed by atoms with Gasteiger partial charge in [-0.05, 0) is 36.0 Å². The molecule has 0 amide bonds. The second kappa shape index (κ2) is 6.21. The summed E-state index contributed by atoms with van der Waals surface area (Å²) >= 11 is 17.7. The minimum Gasteiger partial charge on any atom is -0.354 e. The highest BCUT2D eigenvalue weighted by Crippen LogP contribution is 2.59. The molecule has 1 aliphatic heterocycles. The van der Waals surface area contributed by atoms with Crippen molar-refractivity contribution in [2.75, 3.05) is 0 Å². The number of H-pyrrole nitrogens is 1. The molecule has 128 valence electrons. The second-order valence-electron chi connectivity index (χ2n) is 5.80. The van der Waals surface area contributed by atoms with Crippen molar-refractivity contribution < 1.29 is 9.13 Å². The van der Waals surface area contributed by atoms with Gasteiger partial charge in [-0.25, -0.2) is 9.37 Å². The first-order valence-electron chi connectivity index (χ1n) is 7.49. The summed E-state index contributed by atoms with van der Waals surface area (Å²) in [6.45, 7) is 0.350. The van der Waals surface area contributed by atoms with Crippen LogP contribution in [0.3, 0.4) is 0 Å². The molecule has 0 spiro atoms. The number of aromatic amines is 1. The molecule has 8 heteroatoms. The topological polar surface area (TPSA) is 46.1 Å². The fourth-order valence-corrected chi connectivity index (χ4v) is 3.60. The van der Waals surface area contributed by atoms with Gasteiger partial charge in [-0.1, -0.05) is 47.5 Å². The number of hydrogen-bond acceptors (Lipinski definition) is 3. The largest absolute Gasteiger partial charge is 0.354 e. The summed E-state index contributed by atoms with van der Waals surface area (Å²) in [6.07, 6.45) is 1.14. The number of halogens is 3. The lowest BCUT2D eigenvalue weighted by Crippen LogP contribution is -2.20. The number of ether oxygens (including phenoxy) is 1. The third kappa shape index (κ3) is 2.89. The summed E-state index contributed by atoms with van der Waals surface area (Å²) in [4.78, 5) is 4.01. The summed E-state index contributed by atoms with van der Waals surface area (Å²) in [5.74, 6) is -0.337. The monoisotopic (exact) mass is 395 g/mol. The van der Waals surface area contributed by atoms with Crippen LogP contribution in [0.2, 0.25) is 10.0 Å². The average molecular weight is 396 g/mol. The van der Waals surface area contributed by atoms with Gasteiger partial charge in [0.05, 0.1) is 16.6 Å². The van der Waals surface area contributed by atoms with E-state index in [4.69, 9.17) is 40.2 Å². The Kier molecular flexibility index (Phi) is 4.16. The molecule has 1 N–H and O–H groups in total. The maximum atomic E-state index is 13.8. The summed E-state index contributed by atoms with van der Waals surface area (Å²) < 4.78 is 21.9. The molecule has 0 bridgehead atoms. The van der Waals surface area contributed by atoms with Crippen LogP contribution in [0.5, 0.6) is 0 Å². The van der Waals surface area contributed by atoms with Crippen molar-refractivity contribution in [3.63, 3.8) is 0 Å². The Morgan fingerprint density at radius 3 is 2.80 bits per heavy atom. The number of nitrogens with one attached hydrogen (secondary N) is 1. The Balaban J connectivity index is 1.80. The van der Waals surface area contributed by atoms with E-state index in [-0.39, 0.29) is 11.9 Å². The molecule has 4 rings (SSSR count). The smallest absolute Gasteiger partial charge is 0.215 e. The molecule has 2 unspecified atom stereocenters. The first-order valence-corrected chi connectivity index (χ1v) is 8.66. The van der Waals surface area contributed by atoms with Gasteiger partial charge in [-0.3, -0.25) is 9.78 Å². The van der Waals surface area contributed by atoms with E-state index in [1.165, 1.54) is 18.5 Å². The fraction of sp³-hybridized carbons (Fsp3) is 0.176. The lowest BCUT2D eigenvalue weighted by molar-refractivity contribution is 0.261. The van der Waals surface area contributed by atoms with E-state index in [1.807, 2.05) is 18.2 Å². The molecule has 1 fully saturated rings. The second-order valence-corrected chi connectivity index (χ2v) is 6.95. The zero-order valence-electron chi connectivity index (χ0n) is 12.7. The molecule has 1 aliphatic rings. The Morgan fingerprint density at radius 2 is 2.08 bits per heavy atom. The van der Waals surface area contributed by atoms with Gasteiger partial charge in [0.15, 0.2) is 0 Å². The van der Waals surface area contributed by atoms with E-state index in [1.54, 1.807) is 16.8 Å². The van der Waals surface area contributed by atoms with Crippen LogP contribution in [0.15, 0.2) is 48.8 Å². The standard InChI is InChI=1S/C17H12Cl2FN3OS/c18-13-6-2-5-12(14(13)19)15-17(24-15,8-23-16(25)21-9-22-23)10-3-1-4-11(20)7-10/h1-7,9,15H,8H2,(H,21,22,25). The maximum Gasteiger partial charge on any atom is 0.215 e. The molecule has 1 aromatic heterocycles. The summed E-state index contributed by atoms with van der Waals surface area (Å²) in [5, 5.41) is 3.83. The zero-order chi connectivity index (χ0) is 17.6. The van der Waals surface area contributed by atoms with Gasteiger partial charge in [0.1, 0.15) is 23.8 Å². The van der Waals surface area contributed by atoms with Crippen molar-refractivity contribution in [3.8, 4) is 0 Å². The van der Waals surface area contributed by atoms with E-state index < -0.39 is 5.60 Å². The first-order chi connectivity index (χ1) is 12.0. The van der Waals surface area contributed by atoms with E-state index in [2.05, 4.69) is 10.1 Å². The summed E-state index contributed by atoms with van der Waals surface area (Å²) in [5.41, 5.74) is 0.649. The molecular formula is C17H12Cl2FN3OS. The predicted octanol–water partition coefficient (Wildman–Crippen LogP) is 5.05. The lowest BCUT2D eigenvalue weighted by atomic mass is 9.91. The number of epoxide rings is 1. The Hall–Kier alpha value is -1.73. The van der Waals surface area contributed by atoms with Crippen LogP contribution in [0.25, 0.3) is 0 Å². The normalized spacial score (nSPS) is 22.1. The van der Waals surface area contributed by atoms with Crippen molar-refractivity contribution in [2.45, 2.75) is 18.2 Å². The minimum absolute atomic E-state index is 0.337. The molecule has 0 saturated carbocycles. The molecule has 4 nitrogen and oxygen atoms in total. The summed E-state index contributed by atoms with van der Waals surface area (Å²) in [6, 6.07) is 11.7. The average Bonchev–Trinajstić information content (AvgIpc) is 3.18.